The molecule has 0 saturated heterocycles. The zero-order chi connectivity index (χ0) is 21.0. The van der Waals surface area contributed by atoms with Gasteiger partial charge in [0.25, 0.3) is 0 Å². The predicted octanol–water partition coefficient (Wildman–Crippen LogP) is 7.39. The summed E-state index contributed by atoms with van der Waals surface area (Å²) in [6.45, 7) is 3.60. The topological polar surface area (TPSA) is 0 Å². The van der Waals surface area contributed by atoms with Gasteiger partial charge in [-0.2, -0.15) is 17.6 Å². The normalized spacial score (nSPS) is 16.9. The first-order chi connectivity index (χ1) is 13.6. The molecule has 0 atom stereocenters. The zero-order valence-electron chi connectivity index (χ0n) is 15.7. The van der Waals surface area contributed by atoms with Crippen LogP contribution in [0, 0.1) is 19.7 Å². The number of alkyl halides is 4. The predicted molar refractivity (Wildman–Crippen MR) is 104 cm³/mol. The van der Waals surface area contributed by atoms with Gasteiger partial charge in [-0.3, -0.25) is 0 Å². The number of benzene rings is 3. The summed E-state index contributed by atoms with van der Waals surface area (Å²) in [4.78, 5) is 0. The van der Waals surface area contributed by atoms with Crippen LogP contribution in [-0.4, -0.2) is 5.92 Å². The molecular weight excluding hydrogens is 383 g/mol. The Morgan fingerprint density at radius 2 is 1.14 bits per heavy atom. The molecule has 0 heterocycles. The summed E-state index contributed by atoms with van der Waals surface area (Å²) in [5.41, 5.74) is -0.411. The largest absolute Gasteiger partial charge is 0.343 e. The summed E-state index contributed by atoms with van der Waals surface area (Å²) < 4.78 is 74.9. The molecule has 0 aliphatic heterocycles. The van der Waals surface area contributed by atoms with Gasteiger partial charge in [0.15, 0.2) is 0 Å². The van der Waals surface area contributed by atoms with Crippen LogP contribution in [0.1, 0.15) is 27.8 Å². The van der Waals surface area contributed by atoms with Gasteiger partial charge in [0.05, 0.1) is 5.56 Å². The molecule has 1 aliphatic rings. The van der Waals surface area contributed by atoms with Crippen LogP contribution in [0.2, 0.25) is 0 Å². The number of aryl methyl sites for hydroxylation is 2. The van der Waals surface area contributed by atoms with E-state index in [9.17, 15) is 17.6 Å². The maximum absolute atomic E-state index is 15.1. The van der Waals surface area contributed by atoms with E-state index in [1.165, 1.54) is 24.3 Å². The second-order valence-corrected chi connectivity index (χ2v) is 7.33. The second-order valence-electron chi connectivity index (χ2n) is 7.33. The van der Waals surface area contributed by atoms with Crippen molar-refractivity contribution in [3.8, 4) is 11.1 Å². The number of allylic oxidation sites excluding steroid dienone is 1. The number of rotatable bonds is 2. The van der Waals surface area contributed by atoms with E-state index >= 15 is 4.39 Å². The minimum absolute atomic E-state index is 0.0195. The summed E-state index contributed by atoms with van der Waals surface area (Å²) in [6.07, 6.45) is 0.958. The van der Waals surface area contributed by atoms with Crippen LogP contribution in [0.3, 0.4) is 0 Å². The highest BCUT2D eigenvalue weighted by atomic mass is 19.3. The molecule has 3 aromatic rings. The lowest BCUT2D eigenvalue weighted by Gasteiger charge is -2.34. The first-order valence-electron chi connectivity index (χ1n) is 9.08. The second kappa shape index (κ2) is 6.55. The van der Waals surface area contributed by atoms with E-state index in [-0.39, 0.29) is 16.7 Å². The van der Waals surface area contributed by atoms with E-state index in [1.54, 1.807) is 43.3 Å². The Morgan fingerprint density at radius 1 is 0.621 bits per heavy atom. The van der Waals surface area contributed by atoms with Crippen molar-refractivity contribution in [3.05, 3.63) is 94.3 Å². The molecule has 0 saturated carbocycles. The van der Waals surface area contributed by atoms with Crippen LogP contribution in [-0.2, 0) is 5.92 Å². The minimum Gasteiger partial charge on any atom is -0.206 e. The standard InChI is InChI=1S/C24H17F5/c1-14-3-7-16(8-4-14)19-12-11-18-13-20(17-9-5-15(2)6-10-17)23(26,27)24(28,29)21(18)22(19)25/h3-13H,1-2H3. The molecule has 0 radical (unpaired) electrons. The fourth-order valence-electron chi connectivity index (χ4n) is 3.56. The van der Waals surface area contributed by atoms with Gasteiger partial charge in [-0.05, 0) is 36.6 Å². The van der Waals surface area contributed by atoms with Crippen molar-refractivity contribution in [3.63, 3.8) is 0 Å². The van der Waals surface area contributed by atoms with E-state index in [0.717, 1.165) is 17.2 Å². The Hall–Kier alpha value is -2.95. The Bertz CT molecular complexity index is 1110. The van der Waals surface area contributed by atoms with Crippen molar-refractivity contribution in [1.82, 2.24) is 0 Å². The van der Waals surface area contributed by atoms with Crippen molar-refractivity contribution >= 4 is 11.6 Å². The molecule has 0 spiro atoms. The molecule has 0 unspecified atom stereocenters. The lowest BCUT2D eigenvalue weighted by molar-refractivity contribution is -0.182. The van der Waals surface area contributed by atoms with Crippen LogP contribution in [0.5, 0.6) is 0 Å². The van der Waals surface area contributed by atoms with Gasteiger partial charge in [0.2, 0.25) is 0 Å². The molecule has 0 bridgehead atoms. The molecule has 3 aromatic carbocycles. The molecular formula is C24H17F5. The maximum atomic E-state index is 15.1. The van der Waals surface area contributed by atoms with E-state index in [4.69, 9.17) is 0 Å². The first kappa shape index (κ1) is 19.4. The highest BCUT2D eigenvalue weighted by molar-refractivity contribution is 5.90. The SMILES string of the molecule is Cc1ccc(C2=Cc3ccc(-c4ccc(C)cc4)c(F)c3C(F)(F)C2(F)F)cc1. The van der Waals surface area contributed by atoms with Gasteiger partial charge in [0.1, 0.15) is 5.82 Å². The van der Waals surface area contributed by atoms with E-state index < -0.39 is 28.8 Å². The summed E-state index contributed by atoms with van der Waals surface area (Å²) in [5, 5.41) is 0. The molecule has 148 valence electrons. The van der Waals surface area contributed by atoms with Crippen molar-refractivity contribution in [2.24, 2.45) is 0 Å². The van der Waals surface area contributed by atoms with Crippen molar-refractivity contribution in [1.29, 1.82) is 0 Å². The molecule has 4 rings (SSSR count). The van der Waals surface area contributed by atoms with Crippen molar-refractivity contribution in [2.45, 2.75) is 25.7 Å². The lowest BCUT2D eigenvalue weighted by Crippen LogP contribution is -2.42. The van der Waals surface area contributed by atoms with Crippen LogP contribution in [0.25, 0.3) is 22.8 Å². The van der Waals surface area contributed by atoms with Crippen LogP contribution in [0.15, 0.2) is 60.7 Å². The van der Waals surface area contributed by atoms with Crippen LogP contribution in [0.4, 0.5) is 22.0 Å². The van der Waals surface area contributed by atoms with Crippen LogP contribution < -0.4 is 0 Å². The molecule has 0 fully saturated rings. The first-order valence-corrected chi connectivity index (χ1v) is 9.08. The molecule has 5 heteroatoms. The quantitative estimate of drug-likeness (QED) is 0.394. The van der Waals surface area contributed by atoms with E-state index in [1.807, 2.05) is 6.92 Å². The van der Waals surface area contributed by atoms with E-state index in [0.29, 0.717) is 5.56 Å². The van der Waals surface area contributed by atoms with Gasteiger partial charge >= 0.3 is 11.8 Å². The Kier molecular flexibility index (Phi) is 4.37. The molecule has 0 aromatic heterocycles. The number of hydrogen-bond acceptors (Lipinski definition) is 0. The molecule has 0 N–H and O–H groups in total. The fraction of sp³-hybridized carbons (Fsp3) is 0.167. The average molecular weight is 400 g/mol. The van der Waals surface area contributed by atoms with Crippen LogP contribution >= 0.6 is 0 Å². The van der Waals surface area contributed by atoms with Crippen molar-refractivity contribution in [2.75, 3.05) is 0 Å². The average Bonchev–Trinajstić information content (AvgIpc) is 2.66. The van der Waals surface area contributed by atoms with Gasteiger partial charge in [-0.25, -0.2) is 4.39 Å². The minimum atomic E-state index is -4.69. The number of halogens is 5. The molecule has 0 amide bonds. The van der Waals surface area contributed by atoms with Gasteiger partial charge in [0, 0.05) is 11.1 Å². The molecule has 0 nitrogen and oxygen atoms in total. The van der Waals surface area contributed by atoms with Gasteiger partial charge in [-0.1, -0.05) is 71.8 Å². The molecule has 1 aliphatic carbocycles. The zero-order valence-corrected chi connectivity index (χ0v) is 15.7. The highest BCUT2D eigenvalue weighted by Crippen LogP contribution is 2.56. The Labute approximate surface area is 165 Å². The van der Waals surface area contributed by atoms with Gasteiger partial charge in [-0.15, -0.1) is 0 Å². The third kappa shape index (κ3) is 2.96. The summed E-state index contributed by atoms with van der Waals surface area (Å²) in [7, 11) is 0. The summed E-state index contributed by atoms with van der Waals surface area (Å²) in [5.74, 6) is -10.6. The fourth-order valence-corrected chi connectivity index (χ4v) is 3.56. The monoisotopic (exact) mass is 400 g/mol. The number of hydrogen-bond donors (Lipinski definition) is 0. The maximum Gasteiger partial charge on any atom is 0.343 e. The number of fused-ring (bicyclic) bond motifs is 1. The smallest absolute Gasteiger partial charge is 0.206 e. The summed E-state index contributed by atoms with van der Waals surface area (Å²) >= 11 is 0. The Balaban J connectivity index is 1.94. The highest BCUT2D eigenvalue weighted by Gasteiger charge is 2.63. The van der Waals surface area contributed by atoms with E-state index in [2.05, 4.69) is 0 Å². The lowest BCUT2D eigenvalue weighted by atomic mass is 9.81. The molecule has 29 heavy (non-hydrogen) atoms. The summed E-state index contributed by atoms with van der Waals surface area (Å²) in [6, 6.07) is 15.1. The van der Waals surface area contributed by atoms with Crippen molar-refractivity contribution < 1.29 is 22.0 Å². The third-order valence-corrected chi connectivity index (χ3v) is 5.25. The Morgan fingerprint density at radius 3 is 1.69 bits per heavy atom. The van der Waals surface area contributed by atoms with Gasteiger partial charge < -0.3 is 0 Å². The third-order valence-electron chi connectivity index (χ3n) is 5.25.